The van der Waals surface area contributed by atoms with E-state index in [4.69, 9.17) is 9.26 Å². The first-order valence-corrected chi connectivity index (χ1v) is 8.52. The van der Waals surface area contributed by atoms with E-state index in [0.29, 0.717) is 21.9 Å². The molecule has 0 N–H and O–H groups in total. The van der Waals surface area contributed by atoms with E-state index in [-0.39, 0.29) is 12.4 Å². The van der Waals surface area contributed by atoms with E-state index in [1.165, 1.54) is 23.9 Å². The molecule has 0 spiro atoms. The van der Waals surface area contributed by atoms with Crippen molar-refractivity contribution < 1.29 is 18.4 Å². The molecule has 0 aliphatic carbocycles. The molecule has 3 aromatic rings. The van der Waals surface area contributed by atoms with Crippen molar-refractivity contribution in [1.29, 1.82) is 0 Å². The summed E-state index contributed by atoms with van der Waals surface area (Å²) in [5.74, 6) is 0.384. The number of aryl methyl sites for hydroxylation is 1. The lowest BCUT2D eigenvalue weighted by Crippen LogP contribution is -2.07. The number of esters is 1. The minimum atomic E-state index is -0.504. The van der Waals surface area contributed by atoms with E-state index in [0.717, 1.165) is 11.5 Å². The number of nitrogens with zero attached hydrogens (tertiary/aromatic N) is 2. The van der Waals surface area contributed by atoms with Gasteiger partial charge in [-0.25, -0.2) is 14.2 Å². The van der Waals surface area contributed by atoms with Crippen molar-refractivity contribution in [3.8, 4) is 0 Å². The SMILES string of the molecule is Cc1cc(CSc2ncccc2C(=O)OCc2cccc(F)c2)no1. The number of carbonyl (C=O) groups is 1. The van der Waals surface area contributed by atoms with Gasteiger partial charge in [0.15, 0.2) is 0 Å². The van der Waals surface area contributed by atoms with Gasteiger partial charge in [0.25, 0.3) is 0 Å². The number of hydrogen-bond acceptors (Lipinski definition) is 6. The maximum absolute atomic E-state index is 13.2. The number of halogens is 1. The molecule has 0 unspecified atom stereocenters. The van der Waals surface area contributed by atoms with Crippen molar-refractivity contribution in [2.24, 2.45) is 0 Å². The molecule has 5 nitrogen and oxygen atoms in total. The summed E-state index contributed by atoms with van der Waals surface area (Å²) in [7, 11) is 0. The molecule has 3 rings (SSSR count). The quantitative estimate of drug-likeness (QED) is 0.487. The Morgan fingerprint density at radius 1 is 1.28 bits per heavy atom. The second-order valence-electron chi connectivity index (χ2n) is 5.28. The van der Waals surface area contributed by atoms with Gasteiger partial charge in [-0.3, -0.25) is 0 Å². The topological polar surface area (TPSA) is 65.2 Å². The van der Waals surface area contributed by atoms with Crippen molar-refractivity contribution in [1.82, 2.24) is 10.1 Å². The Hall–Kier alpha value is -2.67. The van der Waals surface area contributed by atoms with Crippen LogP contribution in [0.5, 0.6) is 0 Å². The predicted octanol–water partition coefficient (Wildman–Crippen LogP) is 4.17. The van der Waals surface area contributed by atoms with Crippen LogP contribution in [0, 0.1) is 12.7 Å². The Balaban J connectivity index is 1.65. The minimum absolute atomic E-state index is 0.00191. The number of thioether (sulfide) groups is 1. The van der Waals surface area contributed by atoms with Crippen molar-refractivity contribution in [3.05, 3.63) is 77.1 Å². The molecule has 0 radical (unpaired) electrons. The Morgan fingerprint density at radius 2 is 2.16 bits per heavy atom. The highest BCUT2D eigenvalue weighted by molar-refractivity contribution is 7.98. The highest BCUT2D eigenvalue weighted by Crippen LogP contribution is 2.24. The van der Waals surface area contributed by atoms with Crippen molar-refractivity contribution >= 4 is 17.7 Å². The monoisotopic (exact) mass is 358 g/mol. The number of rotatable bonds is 6. The van der Waals surface area contributed by atoms with Crippen LogP contribution in [0.2, 0.25) is 0 Å². The van der Waals surface area contributed by atoms with Crippen LogP contribution in [0.25, 0.3) is 0 Å². The third-order valence-corrected chi connectivity index (χ3v) is 4.32. The summed E-state index contributed by atoms with van der Waals surface area (Å²) in [6, 6.07) is 11.1. The summed E-state index contributed by atoms with van der Waals surface area (Å²) in [4.78, 5) is 16.6. The van der Waals surface area contributed by atoms with E-state index >= 15 is 0 Å². The molecule has 0 saturated heterocycles. The van der Waals surface area contributed by atoms with Crippen LogP contribution in [0.4, 0.5) is 4.39 Å². The molecular formula is C18H15FN2O3S. The molecule has 7 heteroatoms. The van der Waals surface area contributed by atoms with Crippen LogP contribution in [-0.2, 0) is 17.1 Å². The fourth-order valence-corrected chi connectivity index (χ4v) is 3.01. The number of hydrogen-bond donors (Lipinski definition) is 0. The molecule has 0 atom stereocenters. The summed E-state index contributed by atoms with van der Waals surface area (Å²) in [6.07, 6.45) is 1.61. The van der Waals surface area contributed by atoms with Gasteiger partial charge in [0, 0.05) is 18.0 Å². The summed E-state index contributed by atoms with van der Waals surface area (Å²) >= 11 is 1.37. The second kappa shape index (κ2) is 7.94. The maximum Gasteiger partial charge on any atom is 0.341 e. The average molecular weight is 358 g/mol. The van der Waals surface area contributed by atoms with Crippen molar-refractivity contribution in [3.63, 3.8) is 0 Å². The van der Waals surface area contributed by atoms with Gasteiger partial charge in [-0.05, 0) is 36.8 Å². The van der Waals surface area contributed by atoms with Gasteiger partial charge in [-0.15, -0.1) is 0 Å². The zero-order valence-electron chi connectivity index (χ0n) is 13.4. The molecule has 2 aromatic heterocycles. The lowest BCUT2D eigenvalue weighted by molar-refractivity contribution is 0.0467. The third kappa shape index (κ3) is 4.67. The fourth-order valence-electron chi connectivity index (χ4n) is 2.14. The van der Waals surface area contributed by atoms with Crippen LogP contribution in [0.3, 0.4) is 0 Å². The van der Waals surface area contributed by atoms with Gasteiger partial charge >= 0.3 is 5.97 Å². The summed E-state index contributed by atoms with van der Waals surface area (Å²) in [6.45, 7) is 1.81. The molecule has 0 bridgehead atoms. The molecule has 2 heterocycles. The number of ether oxygens (including phenoxy) is 1. The Morgan fingerprint density at radius 3 is 2.92 bits per heavy atom. The number of benzene rings is 1. The van der Waals surface area contributed by atoms with Gasteiger partial charge in [0.1, 0.15) is 23.2 Å². The van der Waals surface area contributed by atoms with Crippen LogP contribution in [0.1, 0.15) is 27.4 Å². The van der Waals surface area contributed by atoms with Gasteiger partial charge < -0.3 is 9.26 Å². The van der Waals surface area contributed by atoms with Crippen LogP contribution >= 0.6 is 11.8 Å². The summed E-state index contributed by atoms with van der Waals surface area (Å²) in [5.41, 5.74) is 1.72. The molecule has 0 fully saturated rings. The van der Waals surface area contributed by atoms with Crippen LogP contribution in [0.15, 0.2) is 58.2 Å². The standard InChI is InChI=1S/C18H15FN2O3S/c1-12-8-15(21-24-12)11-25-17-16(6-3-7-20-17)18(22)23-10-13-4-2-5-14(19)9-13/h2-9H,10-11H2,1H3. The zero-order chi connectivity index (χ0) is 17.6. The molecule has 0 amide bonds. The van der Waals surface area contributed by atoms with Crippen LogP contribution in [-0.4, -0.2) is 16.1 Å². The largest absolute Gasteiger partial charge is 0.457 e. The minimum Gasteiger partial charge on any atom is -0.457 e. The van der Waals surface area contributed by atoms with E-state index in [1.54, 1.807) is 30.5 Å². The van der Waals surface area contributed by atoms with E-state index in [2.05, 4.69) is 10.1 Å². The fraction of sp³-hybridized carbons (Fsp3) is 0.167. The molecule has 0 saturated carbocycles. The Bertz CT molecular complexity index is 882. The predicted molar refractivity (Wildman–Crippen MR) is 90.6 cm³/mol. The first-order chi connectivity index (χ1) is 12.1. The molecule has 25 heavy (non-hydrogen) atoms. The average Bonchev–Trinajstić information content (AvgIpc) is 3.03. The van der Waals surface area contributed by atoms with Gasteiger partial charge in [0.05, 0.1) is 11.3 Å². The normalized spacial score (nSPS) is 10.6. The maximum atomic E-state index is 13.2. The molecule has 0 aliphatic heterocycles. The van der Waals surface area contributed by atoms with Gasteiger partial charge in [-0.1, -0.05) is 29.1 Å². The highest BCUT2D eigenvalue weighted by atomic mass is 32.2. The third-order valence-electron chi connectivity index (χ3n) is 3.28. The number of carbonyl (C=O) groups excluding carboxylic acids is 1. The first-order valence-electron chi connectivity index (χ1n) is 7.53. The van der Waals surface area contributed by atoms with Gasteiger partial charge in [0.2, 0.25) is 0 Å². The van der Waals surface area contributed by atoms with Crippen molar-refractivity contribution in [2.45, 2.75) is 24.3 Å². The molecule has 0 aliphatic rings. The van der Waals surface area contributed by atoms with E-state index in [9.17, 15) is 9.18 Å². The Kier molecular flexibility index (Phi) is 5.45. The smallest absolute Gasteiger partial charge is 0.341 e. The second-order valence-corrected chi connectivity index (χ2v) is 6.24. The molecule has 128 valence electrons. The lowest BCUT2D eigenvalue weighted by Gasteiger charge is -2.08. The van der Waals surface area contributed by atoms with Crippen molar-refractivity contribution in [2.75, 3.05) is 0 Å². The summed E-state index contributed by atoms with van der Waals surface area (Å²) in [5, 5.41) is 4.46. The molecule has 1 aromatic carbocycles. The van der Waals surface area contributed by atoms with Crippen LogP contribution < -0.4 is 0 Å². The molecular weight excluding hydrogens is 343 g/mol. The van der Waals surface area contributed by atoms with Gasteiger partial charge in [-0.2, -0.15) is 0 Å². The summed E-state index contributed by atoms with van der Waals surface area (Å²) < 4.78 is 23.5. The van der Waals surface area contributed by atoms with E-state index in [1.807, 2.05) is 13.0 Å². The number of pyridine rings is 1. The highest BCUT2D eigenvalue weighted by Gasteiger charge is 2.15. The van der Waals surface area contributed by atoms with E-state index < -0.39 is 5.97 Å². The Labute approximate surface area is 148 Å². The lowest BCUT2D eigenvalue weighted by atomic mass is 10.2. The number of aromatic nitrogens is 2. The first kappa shape index (κ1) is 17.2. The zero-order valence-corrected chi connectivity index (χ0v) is 14.3.